The van der Waals surface area contributed by atoms with Crippen molar-refractivity contribution in [1.82, 2.24) is 5.32 Å². The Morgan fingerprint density at radius 1 is 1.28 bits per heavy atom. The molecule has 6 nitrogen and oxygen atoms in total. The molecule has 1 amide bonds. The lowest BCUT2D eigenvalue weighted by molar-refractivity contribution is 0.0854. The fraction of sp³-hybridized carbons (Fsp3) is 0.238. The molecule has 0 bridgehead atoms. The van der Waals surface area contributed by atoms with Crippen molar-refractivity contribution in [2.45, 2.75) is 18.9 Å². The molecule has 2 heterocycles. The first-order valence-corrected chi connectivity index (χ1v) is 9.54. The Morgan fingerprint density at radius 3 is 2.90 bits per heavy atom. The number of aromatic hydroxyl groups is 1. The van der Waals surface area contributed by atoms with Gasteiger partial charge in [0, 0.05) is 24.6 Å². The molecule has 1 unspecified atom stereocenters. The van der Waals surface area contributed by atoms with Crippen molar-refractivity contribution in [2.75, 3.05) is 13.2 Å². The second-order valence-corrected chi connectivity index (χ2v) is 7.15. The molecule has 2 N–H and O–H groups in total. The fourth-order valence-corrected chi connectivity index (χ4v) is 3.31. The molecule has 1 aliphatic heterocycles. The number of fused-ring (bicyclic) bond motifs is 1. The van der Waals surface area contributed by atoms with E-state index in [-0.39, 0.29) is 33.9 Å². The van der Waals surface area contributed by atoms with Gasteiger partial charge in [-0.05, 0) is 49.2 Å². The van der Waals surface area contributed by atoms with E-state index in [2.05, 4.69) is 10.3 Å². The van der Waals surface area contributed by atoms with Gasteiger partial charge in [-0.1, -0.05) is 11.6 Å². The average Bonchev–Trinajstić information content (AvgIpc) is 3.22. The van der Waals surface area contributed by atoms with Crippen LogP contribution in [0.15, 0.2) is 51.9 Å². The van der Waals surface area contributed by atoms with Crippen LogP contribution in [0.2, 0.25) is 5.02 Å². The molecule has 150 valence electrons. The molecule has 1 fully saturated rings. The molecule has 0 aliphatic carbocycles. The second kappa shape index (κ2) is 8.23. The Morgan fingerprint density at radius 2 is 2.14 bits per heavy atom. The van der Waals surface area contributed by atoms with Gasteiger partial charge in [-0.3, -0.25) is 4.79 Å². The quantitative estimate of drug-likeness (QED) is 0.671. The predicted octanol–water partition coefficient (Wildman–Crippen LogP) is 4.07. The zero-order valence-electron chi connectivity index (χ0n) is 15.3. The van der Waals surface area contributed by atoms with Crippen molar-refractivity contribution in [3.63, 3.8) is 0 Å². The number of hydrogen-bond donors (Lipinski definition) is 2. The van der Waals surface area contributed by atoms with Crippen LogP contribution < -0.4 is 10.9 Å². The number of ether oxygens (including phenoxy) is 1. The van der Waals surface area contributed by atoms with Gasteiger partial charge in [0.2, 0.25) is 5.55 Å². The number of benzene rings is 2. The lowest BCUT2D eigenvalue weighted by Crippen LogP contribution is -2.34. The number of phenolic OH excluding ortho intramolecular Hbond substituents is 1. The van der Waals surface area contributed by atoms with E-state index in [1.165, 1.54) is 30.3 Å². The molecule has 29 heavy (non-hydrogen) atoms. The largest absolute Gasteiger partial charge is 0.508 e. The third-order valence-electron chi connectivity index (χ3n) is 4.63. The molecule has 1 aliphatic rings. The summed E-state index contributed by atoms with van der Waals surface area (Å²) in [6.07, 6.45) is 1.86. The first kappa shape index (κ1) is 19.4. The zero-order valence-corrected chi connectivity index (χ0v) is 16.1. The van der Waals surface area contributed by atoms with Crippen LogP contribution in [0.4, 0.5) is 10.1 Å². The summed E-state index contributed by atoms with van der Waals surface area (Å²) in [5.41, 5.74) is 0.915. The molecule has 3 aromatic rings. The Labute approximate surface area is 170 Å². The summed E-state index contributed by atoms with van der Waals surface area (Å²) in [5, 5.41) is 13.1. The van der Waals surface area contributed by atoms with E-state index < -0.39 is 5.82 Å². The monoisotopic (exact) mass is 416 g/mol. The molecule has 8 heteroatoms. The maximum absolute atomic E-state index is 13.4. The highest BCUT2D eigenvalue weighted by Gasteiger charge is 2.18. The summed E-state index contributed by atoms with van der Waals surface area (Å²) in [7, 11) is 0. The molecule has 1 aromatic heterocycles. The van der Waals surface area contributed by atoms with Crippen LogP contribution in [-0.4, -0.2) is 30.3 Å². The van der Waals surface area contributed by atoms with Gasteiger partial charge in [-0.15, -0.1) is 0 Å². The van der Waals surface area contributed by atoms with Crippen molar-refractivity contribution in [1.29, 1.82) is 0 Å². The van der Waals surface area contributed by atoms with Crippen molar-refractivity contribution in [3.8, 4) is 5.75 Å². The molecule has 1 saturated heterocycles. The topological polar surface area (TPSA) is 84.1 Å². The van der Waals surface area contributed by atoms with Crippen LogP contribution in [-0.2, 0) is 4.74 Å². The van der Waals surface area contributed by atoms with Crippen LogP contribution in [0.3, 0.4) is 0 Å². The van der Waals surface area contributed by atoms with Gasteiger partial charge in [0.05, 0.1) is 16.8 Å². The molecule has 1 atom stereocenters. The van der Waals surface area contributed by atoms with Gasteiger partial charge in [-0.25, -0.2) is 9.38 Å². The highest BCUT2D eigenvalue weighted by Crippen LogP contribution is 2.23. The van der Waals surface area contributed by atoms with Gasteiger partial charge >= 0.3 is 0 Å². The summed E-state index contributed by atoms with van der Waals surface area (Å²) in [4.78, 5) is 17.2. The Kier molecular flexibility index (Phi) is 5.51. The standard InChI is InChI=1S/C21H18ClFN2O4/c22-17-9-13(4-6-18(17)23)25-21-16(20(27)24-11-15-2-1-7-28-15)8-12-3-5-14(26)10-19(12)29-21/h3-6,8-10,15,26H,1-2,7,11H2,(H,24,27). The number of nitrogens with zero attached hydrogens (tertiary/aromatic N) is 1. The average molecular weight is 417 g/mol. The number of carbonyl (C=O) groups is 1. The number of nitrogens with one attached hydrogen (secondary N) is 1. The maximum Gasteiger partial charge on any atom is 0.256 e. The Hall–Kier alpha value is -2.90. The molecular weight excluding hydrogens is 399 g/mol. The van der Waals surface area contributed by atoms with Crippen LogP contribution >= 0.6 is 11.6 Å². The van der Waals surface area contributed by atoms with Crippen molar-refractivity contribution in [2.24, 2.45) is 4.99 Å². The molecule has 4 rings (SSSR count). The minimum Gasteiger partial charge on any atom is -0.508 e. The van der Waals surface area contributed by atoms with Gasteiger partial charge < -0.3 is 19.6 Å². The first-order chi connectivity index (χ1) is 14.0. The summed E-state index contributed by atoms with van der Waals surface area (Å²) < 4.78 is 24.8. The first-order valence-electron chi connectivity index (χ1n) is 9.16. The van der Waals surface area contributed by atoms with E-state index in [1.807, 2.05) is 0 Å². The minimum atomic E-state index is -0.569. The second-order valence-electron chi connectivity index (χ2n) is 6.74. The predicted molar refractivity (Wildman–Crippen MR) is 106 cm³/mol. The molecule has 0 spiro atoms. The maximum atomic E-state index is 13.4. The van der Waals surface area contributed by atoms with Crippen LogP contribution in [0.1, 0.15) is 23.2 Å². The third-order valence-corrected chi connectivity index (χ3v) is 4.92. The van der Waals surface area contributed by atoms with Crippen molar-refractivity contribution in [3.05, 3.63) is 64.4 Å². The van der Waals surface area contributed by atoms with E-state index in [9.17, 15) is 14.3 Å². The zero-order chi connectivity index (χ0) is 20.4. The number of hydrogen-bond acceptors (Lipinski definition) is 5. The number of phenols is 1. The normalized spacial score (nSPS) is 17.0. The van der Waals surface area contributed by atoms with E-state index in [0.717, 1.165) is 12.8 Å². The third kappa shape index (κ3) is 4.41. The Bertz CT molecular complexity index is 1140. The lowest BCUT2D eigenvalue weighted by atomic mass is 10.1. The van der Waals surface area contributed by atoms with Crippen molar-refractivity contribution >= 4 is 34.2 Å². The number of carbonyl (C=O) groups excluding carboxylic acids is 1. The van der Waals surface area contributed by atoms with E-state index in [1.54, 1.807) is 12.1 Å². The molecular formula is C21H18ClFN2O4. The SMILES string of the molecule is O=C(NCC1CCCO1)c1cc2ccc(O)cc2oc1=Nc1ccc(F)c(Cl)c1. The summed E-state index contributed by atoms with van der Waals surface area (Å²) >= 11 is 5.83. The van der Waals surface area contributed by atoms with Crippen molar-refractivity contribution < 1.29 is 23.4 Å². The van der Waals surface area contributed by atoms with Gasteiger partial charge in [-0.2, -0.15) is 0 Å². The highest BCUT2D eigenvalue weighted by molar-refractivity contribution is 6.31. The van der Waals surface area contributed by atoms with E-state index in [0.29, 0.717) is 29.8 Å². The van der Waals surface area contributed by atoms with Gasteiger partial charge in [0.1, 0.15) is 22.7 Å². The van der Waals surface area contributed by atoms with E-state index >= 15 is 0 Å². The Balaban J connectivity index is 1.76. The molecule has 0 saturated carbocycles. The fourth-order valence-electron chi connectivity index (χ4n) is 3.13. The van der Waals surface area contributed by atoms with Gasteiger partial charge in [0.25, 0.3) is 5.91 Å². The summed E-state index contributed by atoms with van der Waals surface area (Å²) in [6, 6.07) is 10.2. The lowest BCUT2D eigenvalue weighted by Gasteiger charge is -2.11. The minimum absolute atomic E-state index is 0.00964. The molecule has 0 radical (unpaired) electrons. The number of rotatable bonds is 4. The smallest absolute Gasteiger partial charge is 0.256 e. The highest BCUT2D eigenvalue weighted by atomic mass is 35.5. The number of amides is 1. The van der Waals surface area contributed by atoms with E-state index in [4.69, 9.17) is 20.8 Å². The summed E-state index contributed by atoms with van der Waals surface area (Å²) in [5.74, 6) is -0.917. The summed E-state index contributed by atoms with van der Waals surface area (Å²) in [6.45, 7) is 1.08. The van der Waals surface area contributed by atoms with Crippen LogP contribution in [0, 0.1) is 5.82 Å². The molecule has 2 aromatic carbocycles. The van der Waals surface area contributed by atoms with Crippen LogP contribution in [0.25, 0.3) is 11.0 Å². The number of halogens is 2. The van der Waals surface area contributed by atoms with Crippen LogP contribution in [0.5, 0.6) is 5.75 Å². The van der Waals surface area contributed by atoms with Gasteiger partial charge in [0.15, 0.2) is 0 Å².